The van der Waals surface area contributed by atoms with Crippen LogP contribution in [0.25, 0.3) is 10.9 Å². The highest BCUT2D eigenvalue weighted by atomic mass is 16.1. The Bertz CT molecular complexity index is 1080. The number of hydrogen-bond donors (Lipinski definition) is 2. The number of rotatable bonds is 5. The lowest BCUT2D eigenvalue weighted by Gasteiger charge is -2.09. The Hall–Kier alpha value is -3.73. The summed E-state index contributed by atoms with van der Waals surface area (Å²) < 4.78 is 0. The molecule has 2 aromatic heterocycles. The molecule has 0 saturated heterocycles. The van der Waals surface area contributed by atoms with Gasteiger partial charge in [0.2, 0.25) is 0 Å². The van der Waals surface area contributed by atoms with Crippen molar-refractivity contribution in [3.05, 3.63) is 96.3 Å². The molecule has 2 aromatic carbocycles. The lowest BCUT2D eigenvalue weighted by Crippen LogP contribution is -2.23. The number of nitrogens with one attached hydrogen (secondary N) is 2. The number of benzene rings is 2. The summed E-state index contributed by atoms with van der Waals surface area (Å²) in [5.41, 5.74) is 3.25. The van der Waals surface area contributed by atoms with E-state index >= 15 is 0 Å². The SMILES string of the molecule is O=C(NCc1ccccc1)c1cccc(Nc2ccc3ncccc3c2)n1. The first-order valence-corrected chi connectivity index (χ1v) is 8.69. The Balaban J connectivity index is 1.47. The zero-order valence-electron chi connectivity index (χ0n) is 14.6. The van der Waals surface area contributed by atoms with Crippen LogP contribution in [0.3, 0.4) is 0 Å². The number of nitrogens with zero attached hydrogens (tertiary/aromatic N) is 2. The maximum Gasteiger partial charge on any atom is 0.270 e. The maximum atomic E-state index is 12.4. The van der Waals surface area contributed by atoms with E-state index in [0.29, 0.717) is 18.1 Å². The van der Waals surface area contributed by atoms with Crippen LogP contribution in [0.15, 0.2) is 85.1 Å². The predicted octanol–water partition coefficient (Wildman–Crippen LogP) is 4.30. The van der Waals surface area contributed by atoms with Gasteiger partial charge in [-0.25, -0.2) is 4.98 Å². The summed E-state index contributed by atoms with van der Waals surface area (Å²) in [6.07, 6.45) is 1.77. The van der Waals surface area contributed by atoms with Gasteiger partial charge in [-0.1, -0.05) is 42.5 Å². The third kappa shape index (κ3) is 4.10. The van der Waals surface area contributed by atoms with Crippen molar-refractivity contribution in [2.75, 3.05) is 5.32 Å². The van der Waals surface area contributed by atoms with Crippen molar-refractivity contribution in [3.8, 4) is 0 Å². The Morgan fingerprint density at radius 2 is 1.78 bits per heavy atom. The lowest BCUT2D eigenvalue weighted by atomic mass is 10.2. The molecule has 2 heterocycles. The molecule has 0 aliphatic rings. The van der Waals surface area contributed by atoms with Gasteiger partial charge in [-0.3, -0.25) is 9.78 Å². The van der Waals surface area contributed by atoms with Crippen LogP contribution in [0.1, 0.15) is 16.1 Å². The third-order valence-electron chi connectivity index (χ3n) is 4.15. The van der Waals surface area contributed by atoms with Crippen molar-refractivity contribution >= 4 is 28.3 Å². The first-order chi connectivity index (χ1) is 13.3. The smallest absolute Gasteiger partial charge is 0.270 e. The molecular formula is C22H18N4O. The van der Waals surface area contributed by atoms with Crippen LogP contribution in [0, 0.1) is 0 Å². The minimum Gasteiger partial charge on any atom is -0.347 e. The maximum absolute atomic E-state index is 12.4. The molecule has 4 aromatic rings. The van der Waals surface area contributed by atoms with E-state index in [4.69, 9.17) is 0 Å². The summed E-state index contributed by atoms with van der Waals surface area (Å²) in [4.78, 5) is 21.1. The highest BCUT2D eigenvalue weighted by Gasteiger charge is 2.08. The molecule has 0 radical (unpaired) electrons. The summed E-state index contributed by atoms with van der Waals surface area (Å²) in [7, 11) is 0. The molecule has 0 fully saturated rings. The highest BCUT2D eigenvalue weighted by Crippen LogP contribution is 2.20. The summed E-state index contributed by atoms with van der Waals surface area (Å²) in [6.45, 7) is 0.469. The van der Waals surface area contributed by atoms with Crippen LogP contribution in [0.4, 0.5) is 11.5 Å². The quantitative estimate of drug-likeness (QED) is 0.561. The van der Waals surface area contributed by atoms with Crippen molar-refractivity contribution < 1.29 is 4.79 Å². The van der Waals surface area contributed by atoms with E-state index in [2.05, 4.69) is 20.6 Å². The number of pyridine rings is 2. The number of anilines is 2. The second kappa shape index (κ2) is 7.66. The second-order valence-corrected chi connectivity index (χ2v) is 6.11. The van der Waals surface area contributed by atoms with Gasteiger partial charge in [-0.05, 0) is 42.0 Å². The van der Waals surface area contributed by atoms with Crippen molar-refractivity contribution in [2.45, 2.75) is 6.54 Å². The molecular weight excluding hydrogens is 336 g/mol. The van der Waals surface area contributed by atoms with Gasteiger partial charge in [-0.15, -0.1) is 0 Å². The van der Waals surface area contributed by atoms with Gasteiger partial charge in [0.25, 0.3) is 5.91 Å². The zero-order chi connectivity index (χ0) is 18.5. The third-order valence-corrected chi connectivity index (χ3v) is 4.15. The molecule has 0 aliphatic carbocycles. The van der Waals surface area contributed by atoms with Gasteiger partial charge in [-0.2, -0.15) is 0 Å². The molecule has 2 N–H and O–H groups in total. The minimum atomic E-state index is -0.204. The van der Waals surface area contributed by atoms with Crippen LogP contribution < -0.4 is 10.6 Å². The molecule has 0 spiro atoms. The molecule has 0 bridgehead atoms. The number of carbonyl (C=O) groups is 1. The monoisotopic (exact) mass is 354 g/mol. The van der Waals surface area contributed by atoms with Gasteiger partial charge in [0, 0.05) is 23.8 Å². The first kappa shape index (κ1) is 16.7. The fourth-order valence-electron chi connectivity index (χ4n) is 2.80. The van der Waals surface area contributed by atoms with Crippen molar-refractivity contribution in [1.29, 1.82) is 0 Å². The number of hydrogen-bond acceptors (Lipinski definition) is 4. The van der Waals surface area contributed by atoms with E-state index in [1.807, 2.05) is 72.8 Å². The Morgan fingerprint density at radius 3 is 2.67 bits per heavy atom. The van der Waals surface area contributed by atoms with E-state index in [9.17, 15) is 4.79 Å². The van der Waals surface area contributed by atoms with Gasteiger partial charge in [0.15, 0.2) is 0 Å². The lowest BCUT2D eigenvalue weighted by molar-refractivity contribution is 0.0946. The molecule has 5 heteroatoms. The fourth-order valence-corrected chi connectivity index (χ4v) is 2.80. The summed E-state index contributed by atoms with van der Waals surface area (Å²) in [5.74, 6) is 0.413. The van der Waals surface area contributed by atoms with Gasteiger partial charge in [0.1, 0.15) is 11.5 Å². The van der Waals surface area contributed by atoms with Crippen LogP contribution in [0.2, 0.25) is 0 Å². The number of fused-ring (bicyclic) bond motifs is 1. The molecule has 5 nitrogen and oxygen atoms in total. The fraction of sp³-hybridized carbons (Fsp3) is 0.0455. The standard InChI is InChI=1S/C22H18N4O/c27-22(24-15-16-6-2-1-3-7-16)20-9-4-10-21(26-20)25-18-11-12-19-17(14-18)8-5-13-23-19/h1-14H,15H2,(H,24,27)(H,25,26). The average molecular weight is 354 g/mol. The van der Waals surface area contributed by atoms with Crippen LogP contribution >= 0.6 is 0 Å². The number of amides is 1. The van der Waals surface area contributed by atoms with Crippen LogP contribution in [0.5, 0.6) is 0 Å². The average Bonchev–Trinajstić information content (AvgIpc) is 2.73. The Labute approximate surface area is 157 Å². The molecule has 0 unspecified atom stereocenters. The molecule has 0 atom stereocenters. The van der Waals surface area contributed by atoms with E-state index in [-0.39, 0.29) is 5.91 Å². The van der Waals surface area contributed by atoms with E-state index in [0.717, 1.165) is 22.2 Å². The molecule has 0 aliphatic heterocycles. The minimum absolute atomic E-state index is 0.204. The van der Waals surface area contributed by atoms with Crippen molar-refractivity contribution in [1.82, 2.24) is 15.3 Å². The second-order valence-electron chi connectivity index (χ2n) is 6.11. The van der Waals surface area contributed by atoms with Crippen LogP contribution in [-0.4, -0.2) is 15.9 Å². The molecule has 27 heavy (non-hydrogen) atoms. The van der Waals surface area contributed by atoms with Crippen molar-refractivity contribution in [3.63, 3.8) is 0 Å². The van der Waals surface area contributed by atoms with Gasteiger partial charge >= 0.3 is 0 Å². The molecule has 132 valence electrons. The zero-order valence-corrected chi connectivity index (χ0v) is 14.6. The first-order valence-electron chi connectivity index (χ1n) is 8.69. The predicted molar refractivity (Wildman–Crippen MR) is 107 cm³/mol. The summed E-state index contributed by atoms with van der Waals surface area (Å²) in [6, 6.07) is 25.0. The van der Waals surface area contributed by atoms with Crippen LogP contribution in [-0.2, 0) is 6.54 Å². The summed E-state index contributed by atoms with van der Waals surface area (Å²) >= 11 is 0. The van der Waals surface area contributed by atoms with E-state index < -0.39 is 0 Å². The van der Waals surface area contributed by atoms with Gasteiger partial charge in [0.05, 0.1) is 5.52 Å². The highest BCUT2D eigenvalue weighted by molar-refractivity contribution is 5.92. The number of aromatic nitrogens is 2. The molecule has 1 amide bonds. The van der Waals surface area contributed by atoms with E-state index in [1.165, 1.54) is 0 Å². The Kier molecular flexibility index (Phi) is 4.74. The number of carbonyl (C=O) groups excluding carboxylic acids is 1. The molecule has 4 rings (SSSR count). The largest absolute Gasteiger partial charge is 0.347 e. The normalized spacial score (nSPS) is 10.5. The topological polar surface area (TPSA) is 66.9 Å². The van der Waals surface area contributed by atoms with Crippen molar-refractivity contribution in [2.24, 2.45) is 0 Å². The summed E-state index contributed by atoms with van der Waals surface area (Å²) in [5, 5.41) is 7.18. The Morgan fingerprint density at radius 1 is 0.889 bits per heavy atom. The molecule has 0 saturated carbocycles. The van der Waals surface area contributed by atoms with Gasteiger partial charge < -0.3 is 10.6 Å². The van der Waals surface area contributed by atoms with E-state index in [1.54, 1.807) is 12.3 Å².